The predicted octanol–water partition coefficient (Wildman–Crippen LogP) is 1.91. The summed E-state index contributed by atoms with van der Waals surface area (Å²) in [5.41, 5.74) is -0.231. The van der Waals surface area contributed by atoms with Gasteiger partial charge >= 0.3 is 0 Å². The van der Waals surface area contributed by atoms with Crippen molar-refractivity contribution in [3.8, 4) is 6.07 Å². The first kappa shape index (κ1) is 11.6. The Kier molecular flexibility index (Phi) is 2.44. The minimum atomic E-state index is -0.518. The molecule has 92 valence electrons. The smallest absolute Gasteiger partial charge is 0.267 e. The number of thiol groups is 1. The maximum Gasteiger partial charge on any atom is 0.267 e. The molecular weight excluding hydrogens is 262 g/mol. The summed E-state index contributed by atoms with van der Waals surface area (Å²) in [7, 11) is 0. The highest BCUT2D eigenvalue weighted by Gasteiger charge is 2.15. The van der Waals surface area contributed by atoms with Gasteiger partial charge in [0.05, 0.1) is 10.4 Å². The quantitative estimate of drug-likeness (QED) is 0.430. The van der Waals surface area contributed by atoms with Gasteiger partial charge < -0.3 is 9.40 Å². The van der Waals surface area contributed by atoms with Crippen LogP contribution in [0.1, 0.15) is 5.56 Å². The molecule has 0 fully saturated rings. The normalized spacial score (nSPS) is 10.7. The first-order chi connectivity index (χ1) is 9.13. The molecule has 0 bridgehead atoms. The Morgan fingerprint density at radius 1 is 1.32 bits per heavy atom. The SMILES string of the molecule is N#Cc1c(=O)[nH]c(S)c2c(=N)oc3ccccc3c12. The number of pyridine rings is 1. The first-order valence-corrected chi connectivity index (χ1v) is 5.83. The van der Waals surface area contributed by atoms with E-state index in [4.69, 9.17) is 9.83 Å². The molecule has 1 aromatic carbocycles. The van der Waals surface area contributed by atoms with E-state index in [0.29, 0.717) is 21.7 Å². The summed E-state index contributed by atoms with van der Waals surface area (Å²) in [6.45, 7) is 0. The predicted molar refractivity (Wildman–Crippen MR) is 72.2 cm³/mol. The van der Waals surface area contributed by atoms with Gasteiger partial charge in [0.2, 0.25) is 5.55 Å². The number of nitriles is 1. The van der Waals surface area contributed by atoms with Gasteiger partial charge in [-0.25, -0.2) is 0 Å². The van der Waals surface area contributed by atoms with E-state index in [1.54, 1.807) is 24.3 Å². The van der Waals surface area contributed by atoms with Crippen LogP contribution in [0.2, 0.25) is 0 Å². The highest BCUT2D eigenvalue weighted by atomic mass is 32.1. The van der Waals surface area contributed by atoms with Crippen LogP contribution in [0.25, 0.3) is 21.7 Å². The van der Waals surface area contributed by atoms with Gasteiger partial charge in [0.15, 0.2) is 0 Å². The molecule has 0 atom stereocenters. The third-order valence-electron chi connectivity index (χ3n) is 2.90. The molecule has 0 unspecified atom stereocenters. The standard InChI is InChI=1S/C13H7N3O2S/c14-5-7-9-6-3-1-2-4-8(6)18-11(15)10(9)13(19)16-12(7)17/h1-4,15H,(H2,16,17,19). The fraction of sp³-hybridized carbons (Fsp3) is 0. The Balaban J connectivity index is 2.82. The van der Waals surface area contributed by atoms with Gasteiger partial charge in [0, 0.05) is 10.8 Å². The maximum absolute atomic E-state index is 11.8. The lowest BCUT2D eigenvalue weighted by Crippen LogP contribution is -2.15. The van der Waals surface area contributed by atoms with E-state index >= 15 is 0 Å². The van der Waals surface area contributed by atoms with E-state index in [-0.39, 0.29) is 16.1 Å². The largest absolute Gasteiger partial charge is 0.438 e. The van der Waals surface area contributed by atoms with Crippen LogP contribution in [-0.2, 0) is 0 Å². The first-order valence-electron chi connectivity index (χ1n) is 5.39. The fourth-order valence-corrected chi connectivity index (χ4v) is 2.42. The Morgan fingerprint density at radius 2 is 2.05 bits per heavy atom. The van der Waals surface area contributed by atoms with Crippen LogP contribution in [0.3, 0.4) is 0 Å². The summed E-state index contributed by atoms with van der Waals surface area (Å²) >= 11 is 4.16. The number of hydrogen-bond donors (Lipinski definition) is 3. The third kappa shape index (κ3) is 1.56. The van der Waals surface area contributed by atoms with Crippen LogP contribution in [0.4, 0.5) is 0 Å². The van der Waals surface area contributed by atoms with Crippen LogP contribution in [0, 0.1) is 16.7 Å². The molecule has 19 heavy (non-hydrogen) atoms. The van der Waals surface area contributed by atoms with E-state index in [9.17, 15) is 10.1 Å². The zero-order valence-corrected chi connectivity index (χ0v) is 10.4. The molecule has 2 N–H and O–H groups in total. The van der Waals surface area contributed by atoms with Crippen molar-refractivity contribution in [2.75, 3.05) is 0 Å². The number of benzene rings is 1. The van der Waals surface area contributed by atoms with E-state index < -0.39 is 5.56 Å². The number of nitrogens with one attached hydrogen (secondary N) is 2. The van der Waals surface area contributed by atoms with E-state index in [0.717, 1.165) is 0 Å². The third-order valence-corrected chi connectivity index (χ3v) is 3.24. The summed E-state index contributed by atoms with van der Waals surface area (Å²) in [6, 6.07) is 8.86. The number of fused-ring (bicyclic) bond motifs is 3. The number of aromatic amines is 1. The van der Waals surface area contributed by atoms with Crippen molar-refractivity contribution in [2.24, 2.45) is 0 Å². The lowest BCUT2D eigenvalue weighted by molar-refractivity contribution is 0.541. The van der Waals surface area contributed by atoms with Gasteiger partial charge in [-0.3, -0.25) is 10.2 Å². The summed E-state index contributed by atoms with van der Waals surface area (Å²) in [5.74, 6) is 0. The molecule has 0 saturated heterocycles. The molecule has 0 aliphatic heterocycles. The molecule has 2 aromatic heterocycles. The Morgan fingerprint density at radius 3 is 2.79 bits per heavy atom. The zero-order valence-electron chi connectivity index (χ0n) is 9.52. The van der Waals surface area contributed by atoms with Crippen LogP contribution < -0.4 is 11.1 Å². The number of para-hydroxylation sites is 1. The van der Waals surface area contributed by atoms with Gasteiger partial charge in [-0.15, -0.1) is 12.6 Å². The highest BCUT2D eigenvalue weighted by Crippen LogP contribution is 2.26. The lowest BCUT2D eigenvalue weighted by atomic mass is 10.1. The molecule has 0 spiro atoms. The Hall–Kier alpha value is -2.52. The molecular formula is C13H7N3O2S. The summed E-state index contributed by atoms with van der Waals surface area (Å²) < 4.78 is 5.38. The molecule has 2 heterocycles. The molecule has 3 aromatic rings. The second-order valence-electron chi connectivity index (χ2n) is 3.97. The zero-order chi connectivity index (χ0) is 13.6. The van der Waals surface area contributed by atoms with Crippen LogP contribution >= 0.6 is 12.6 Å². The molecule has 6 heteroatoms. The average Bonchev–Trinajstić information content (AvgIpc) is 2.38. The number of rotatable bonds is 0. The number of aromatic nitrogens is 1. The van der Waals surface area contributed by atoms with Crippen molar-refractivity contribution in [2.45, 2.75) is 5.03 Å². The molecule has 0 aliphatic rings. The van der Waals surface area contributed by atoms with Gasteiger partial charge in [-0.1, -0.05) is 18.2 Å². The van der Waals surface area contributed by atoms with Crippen molar-refractivity contribution < 1.29 is 4.42 Å². The summed E-state index contributed by atoms with van der Waals surface area (Å²) in [4.78, 5) is 14.3. The number of hydrogen-bond acceptors (Lipinski definition) is 5. The summed E-state index contributed by atoms with van der Waals surface area (Å²) in [5, 5.41) is 18.6. The lowest BCUT2D eigenvalue weighted by Gasteiger charge is -2.06. The van der Waals surface area contributed by atoms with Gasteiger partial charge in [-0.05, 0) is 6.07 Å². The second-order valence-corrected chi connectivity index (χ2v) is 4.41. The minimum absolute atomic E-state index is 0.0340. The van der Waals surface area contributed by atoms with Gasteiger partial charge in [0.1, 0.15) is 17.2 Å². The number of nitrogens with zero attached hydrogens (tertiary/aromatic N) is 1. The van der Waals surface area contributed by atoms with Crippen LogP contribution in [0.15, 0.2) is 38.5 Å². The van der Waals surface area contributed by atoms with Crippen molar-refractivity contribution in [3.63, 3.8) is 0 Å². The average molecular weight is 269 g/mol. The summed E-state index contributed by atoms with van der Waals surface area (Å²) in [6.07, 6.45) is 0. The van der Waals surface area contributed by atoms with Gasteiger partial charge in [-0.2, -0.15) is 5.26 Å². The molecule has 3 rings (SSSR count). The number of H-pyrrole nitrogens is 1. The molecule has 0 radical (unpaired) electrons. The van der Waals surface area contributed by atoms with Crippen molar-refractivity contribution in [1.29, 1.82) is 10.7 Å². The van der Waals surface area contributed by atoms with E-state index in [2.05, 4.69) is 17.6 Å². The minimum Gasteiger partial charge on any atom is -0.438 e. The van der Waals surface area contributed by atoms with Crippen molar-refractivity contribution in [1.82, 2.24) is 4.98 Å². The highest BCUT2D eigenvalue weighted by molar-refractivity contribution is 7.80. The van der Waals surface area contributed by atoms with E-state index in [1.165, 1.54) is 0 Å². The molecule has 0 aliphatic carbocycles. The van der Waals surface area contributed by atoms with Gasteiger partial charge in [0.25, 0.3) is 5.56 Å². The fourth-order valence-electron chi connectivity index (χ4n) is 2.11. The van der Waals surface area contributed by atoms with Crippen molar-refractivity contribution in [3.05, 3.63) is 45.7 Å². The van der Waals surface area contributed by atoms with E-state index in [1.807, 2.05) is 6.07 Å². The van der Waals surface area contributed by atoms with Crippen molar-refractivity contribution >= 4 is 34.4 Å². The Bertz CT molecular complexity index is 979. The van der Waals surface area contributed by atoms with Crippen LogP contribution in [0.5, 0.6) is 0 Å². The topological polar surface area (TPSA) is 93.6 Å². The maximum atomic E-state index is 11.8. The Labute approximate surface area is 112 Å². The van der Waals surface area contributed by atoms with Crippen LogP contribution in [-0.4, -0.2) is 4.98 Å². The monoisotopic (exact) mass is 269 g/mol. The molecule has 0 saturated carbocycles. The molecule has 0 amide bonds. The molecule has 5 nitrogen and oxygen atoms in total. The second kappa shape index (κ2) is 4.00.